The largest absolute Gasteiger partial charge is 0.481 e. The average Bonchev–Trinajstić information content (AvgIpc) is 2.24. The topological polar surface area (TPSA) is 79.3 Å². The number of aliphatic carboxylic acids is 1. The Balaban J connectivity index is 2.38. The summed E-state index contributed by atoms with van der Waals surface area (Å²) in [5.74, 6) is -1.16. The number of halogens is 1. The van der Waals surface area contributed by atoms with E-state index in [1.165, 1.54) is 12.3 Å². The van der Waals surface area contributed by atoms with Gasteiger partial charge in [0.15, 0.2) is 0 Å². The van der Waals surface area contributed by atoms with Gasteiger partial charge in [-0.1, -0.05) is 11.6 Å². The van der Waals surface area contributed by atoms with Gasteiger partial charge < -0.3 is 10.4 Å². The first-order valence-electron chi connectivity index (χ1n) is 4.71. The normalized spacial score (nSPS) is 9.81. The standard InChI is InChI=1S/C10H11ClN2O3/c11-8-6-7(3-5-12-8)10(16)13-4-1-2-9(14)15/h3,5-6H,1-2,4H2,(H,13,16)(H,14,15). The maximum atomic E-state index is 11.5. The van der Waals surface area contributed by atoms with Crippen LogP contribution in [0.1, 0.15) is 23.2 Å². The van der Waals surface area contributed by atoms with Crippen LogP contribution >= 0.6 is 11.6 Å². The monoisotopic (exact) mass is 242 g/mol. The highest BCUT2D eigenvalue weighted by Crippen LogP contribution is 2.06. The van der Waals surface area contributed by atoms with E-state index in [0.717, 1.165) is 0 Å². The molecular formula is C10H11ClN2O3. The number of carbonyl (C=O) groups excluding carboxylic acids is 1. The van der Waals surface area contributed by atoms with E-state index in [4.69, 9.17) is 16.7 Å². The Kier molecular flexibility index (Phi) is 4.72. The van der Waals surface area contributed by atoms with Gasteiger partial charge in [0.1, 0.15) is 5.15 Å². The van der Waals surface area contributed by atoms with Gasteiger partial charge in [-0.05, 0) is 18.6 Å². The molecule has 16 heavy (non-hydrogen) atoms. The van der Waals surface area contributed by atoms with Crippen LogP contribution in [0.4, 0.5) is 0 Å². The molecule has 0 bridgehead atoms. The van der Waals surface area contributed by atoms with Gasteiger partial charge in [0.2, 0.25) is 0 Å². The summed E-state index contributed by atoms with van der Waals surface area (Å²) in [5, 5.41) is 11.2. The van der Waals surface area contributed by atoms with Crippen LogP contribution in [-0.2, 0) is 4.79 Å². The summed E-state index contributed by atoms with van der Waals surface area (Å²) < 4.78 is 0. The van der Waals surface area contributed by atoms with E-state index >= 15 is 0 Å². The minimum absolute atomic E-state index is 0.0391. The smallest absolute Gasteiger partial charge is 0.303 e. The first-order chi connectivity index (χ1) is 7.59. The van der Waals surface area contributed by atoms with Gasteiger partial charge in [-0.3, -0.25) is 9.59 Å². The van der Waals surface area contributed by atoms with Gasteiger partial charge in [-0.25, -0.2) is 4.98 Å². The van der Waals surface area contributed by atoms with E-state index in [-0.39, 0.29) is 17.5 Å². The number of aromatic nitrogens is 1. The predicted octanol–water partition coefficient (Wildman–Crippen LogP) is 1.33. The number of rotatable bonds is 5. The second-order valence-electron chi connectivity index (χ2n) is 3.12. The Labute approximate surface area is 97.4 Å². The van der Waals surface area contributed by atoms with Crippen molar-refractivity contribution in [3.63, 3.8) is 0 Å². The minimum atomic E-state index is -0.874. The van der Waals surface area contributed by atoms with Crippen molar-refractivity contribution in [2.75, 3.05) is 6.54 Å². The number of pyridine rings is 1. The number of carboxylic acid groups (broad SMARTS) is 1. The third-order valence-corrected chi connectivity index (χ3v) is 2.05. The van der Waals surface area contributed by atoms with E-state index < -0.39 is 5.97 Å². The molecule has 0 aromatic carbocycles. The van der Waals surface area contributed by atoms with E-state index in [9.17, 15) is 9.59 Å². The Hall–Kier alpha value is -1.62. The van der Waals surface area contributed by atoms with Gasteiger partial charge >= 0.3 is 5.97 Å². The molecule has 0 atom stereocenters. The number of hydrogen-bond donors (Lipinski definition) is 2. The summed E-state index contributed by atoms with van der Waals surface area (Å²) in [4.78, 5) is 25.5. The lowest BCUT2D eigenvalue weighted by molar-refractivity contribution is -0.137. The lowest BCUT2D eigenvalue weighted by Gasteiger charge is -2.03. The van der Waals surface area contributed by atoms with Gasteiger partial charge in [0.05, 0.1) is 0 Å². The summed E-state index contributed by atoms with van der Waals surface area (Å²) in [5.41, 5.74) is 0.412. The number of nitrogens with zero attached hydrogens (tertiary/aromatic N) is 1. The quantitative estimate of drug-likeness (QED) is 0.603. The lowest BCUT2D eigenvalue weighted by Crippen LogP contribution is -2.24. The van der Waals surface area contributed by atoms with E-state index in [1.54, 1.807) is 6.07 Å². The van der Waals surface area contributed by atoms with Crippen molar-refractivity contribution < 1.29 is 14.7 Å². The number of nitrogens with one attached hydrogen (secondary N) is 1. The van der Waals surface area contributed by atoms with E-state index in [2.05, 4.69) is 10.3 Å². The third kappa shape index (κ3) is 4.27. The maximum Gasteiger partial charge on any atom is 0.303 e. The number of amides is 1. The van der Waals surface area contributed by atoms with Crippen LogP contribution in [0.5, 0.6) is 0 Å². The molecule has 2 N–H and O–H groups in total. The van der Waals surface area contributed by atoms with Crippen molar-refractivity contribution >= 4 is 23.5 Å². The van der Waals surface area contributed by atoms with Crippen LogP contribution in [0.3, 0.4) is 0 Å². The number of carbonyl (C=O) groups is 2. The molecule has 0 aliphatic heterocycles. The lowest BCUT2D eigenvalue weighted by atomic mass is 10.2. The molecule has 0 saturated heterocycles. The maximum absolute atomic E-state index is 11.5. The summed E-state index contributed by atoms with van der Waals surface area (Å²) >= 11 is 5.62. The average molecular weight is 243 g/mol. The van der Waals surface area contributed by atoms with Crippen molar-refractivity contribution in [3.8, 4) is 0 Å². The van der Waals surface area contributed by atoms with Crippen LogP contribution in [0, 0.1) is 0 Å². The van der Waals surface area contributed by atoms with Gasteiger partial charge in [0, 0.05) is 24.7 Å². The Bertz CT molecular complexity index is 395. The molecule has 1 rings (SSSR count). The van der Waals surface area contributed by atoms with E-state index in [1.807, 2.05) is 0 Å². The predicted molar refractivity (Wildman–Crippen MR) is 58.5 cm³/mol. The summed E-state index contributed by atoms with van der Waals surface area (Å²) in [6.45, 7) is 0.324. The molecule has 0 saturated carbocycles. The molecule has 5 nitrogen and oxygen atoms in total. The molecule has 0 radical (unpaired) electrons. The third-order valence-electron chi connectivity index (χ3n) is 1.84. The van der Waals surface area contributed by atoms with Gasteiger partial charge in [-0.15, -0.1) is 0 Å². The van der Waals surface area contributed by atoms with E-state index in [0.29, 0.717) is 18.5 Å². The second kappa shape index (κ2) is 6.07. The summed E-state index contributed by atoms with van der Waals surface area (Å²) in [7, 11) is 0. The van der Waals surface area contributed by atoms with Crippen LogP contribution in [-0.4, -0.2) is 28.5 Å². The first-order valence-corrected chi connectivity index (χ1v) is 5.09. The Morgan fingerprint density at radius 1 is 1.50 bits per heavy atom. The fraction of sp³-hybridized carbons (Fsp3) is 0.300. The molecule has 0 spiro atoms. The summed E-state index contributed by atoms with van der Waals surface area (Å²) in [6.07, 6.45) is 1.88. The molecule has 86 valence electrons. The van der Waals surface area contributed by atoms with Crippen LogP contribution in [0.25, 0.3) is 0 Å². The zero-order valence-corrected chi connectivity index (χ0v) is 9.20. The van der Waals surface area contributed by atoms with Crippen LogP contribution in [0.15, 0.2) is 18.3 Å². The molecule has 0 unspecified atom stereocenters. The molecule has 1 aromatic heterocycles. The molecule has 1 amide bonds. The van der Waals surface area contributed by atoms with Gasteiger partial charge in [-0.2, -0.15) is 0 Å². The Morgan fingerprint density at radius 2 is 2.25 bits per heavy atom. The van der Waals surface area contributed by atoms with Crippen molar-refractivity contribution in [2.24, 2.45) is 0 Å². The molecule has 0 aliphatic rings. The molecule has 6 heteroatoms. The van der Waals surface area contributed by atoms with Gasteiger partial charge in [0.25, 0.3) is 5.91 Å². The molecule has 1 heterocycles. The van der Waals surface area contributed by atoms with Crippen LogP contribution < -0.4 is 5.32 Å². The fourth-order valence-electron chi connectivity index (χ4n) is 1.09. The SMILES string of the molecule is O=C(O)CCCNC(=O)c1ccnc(Cl)c1. The molecule has 0 aliphatic carbocycles. The fourth-order valence-corrected chi connectivity index (χ4v) is 1.26. The molecule has 0 fully saturated rings. The minimum Gasteiger partial charge on any atom is -0.481 e. The molecular weight excluding hydrogens is 232 g/mol. The van der Waals surface area contributed by atoms with Crippen molar-refractivity contribution in [3.05, 3.63) is 29.0 Å². The number of carboxylic acids is 1. The van der Waals surface area contributed by atoms with Crippen molar-refractivity contribution in [1.29, 1.82) is 0 Å². The Morgan fingerprint density at radius 3 is 2.88 bits per heavy atom. The van der Waals surface area contributed by atoms with Crippen LogP contribution in [0.2, 0.25) is 5.15 Å². The van der Waals surface area contributed by atoms with Crippen molar-refractivity contribution in [1.82, 2.24) is 10.3 Å². The summed E-state index contributed by atoms with van der Waals surface area (Å²) in [6, 6.07) is 2.99. The first kappa shape index (κ1) is 12.4. The molecule has 1 aromatic rings. The number of hydrogen-bond acceptors (Lipinski definition) is 3. The highest BCUT2D eigenvalue weighted by molar-refractivity contribution is 6.29. The zero-order valence-electron chi connectivity index (χ0n) is 8.44. The van der Waals surface area contributed by atoms with Crippen molar-refractivity contribution in [2.45, 2.75) is 12.8 Å². The zero-order chi connectivity index (χ0) is 12.0. The highest BCUT2D eigenvalue weighted by atomic mass is 35.5. The second-order valence-corrected chi connectivity index (χ2v) is 3.51. The highest BCUT2D eigenvalue weighted by Gasteiger charge is 2.05.